The third-order valence-corrected chi connectivity index (χ3v) is 5.48. The van der Waals surface area contributed by atoms with Crippen molar-refractivity contribution in [3.8, 4) is 17.0 Å². The molecule has 0 aliphatic carbocycles. The molecular formula is C22H22N4O2. The normalized spacial score (nSPS) is 15.6. The highest BCUT2D eigenvalue weighted by Gasteiger charge is 2.26. The maximum Gasteiger partial charge on any atom is 0.244 e. The molecule has 2 aliphatic rings. The number of aromatic nitrogens is 2. The van der Waals surface area contributed by atoms with Gasteiger partial charge in [-0.25, -0.2) is 0 Å². The predicted molar refractivity (Wildman–Crippen MR) is 107 cm³/mol. The minimum atomic E-state index is 0.114. The lowest BCUT2D eigenvalue weighted by Gasteiger charge is -2.36. The van der Waals surface area contributed by atoms with Gasteiger partial charge in [0.2, 0.25) is 5.91 Å². The van der Waals surface area contributed by atoms with Gasteiger partial charge in [-0.05, 0) is 24.3 Å². The summed E-state index contributed by atoms with van der Waals surface area (Å²) in [6, 6.07) is 18.3. The number of nitrogens with zero attached hydrogens (tertiary/aromatic N) is 4. The Balaban J connectivity index is 1.29. The Bertz CT molecular complexity index is 991. The molecular weight excluding hydrogens is 352 g/mol. The second kappa shape index (κ2) is 7.03. The van der Waals surface area contributed by atoms with Crippen LogP contribution in [-0.2, 0) is 17.9 Å². The van der Waals surface area contributed by atoms with Gasteiger partial charge >= 0.3 is 0 Å². The standard InChI is InChI=1S/C22H22N4O2/c27-21(25-12-10-24(11-13-25)18-6-2-1-3-7-18)15-26-22-17(14-23-26)16-28-20-9-5-4-8-19(20)22/h1-9,14H,10-13,15-16H2. The molecule has 0 spiro atoms. The van der Waals surface area contributed by atoms with Crippen molar-refractivity contribution in [3.05, 3.63) is 66.4 Å². The van der Waals surface area contributed by atoms with Crippen LogP contribution in [0.1, 0.15) is 5.56 Å². The van der Waals surface area contributed by atoms with E-state index in [1.54, 1.807) is 0 Å². The van der Waals surface area contributed by atoms with Crippen molar-refractivity contribution in [3.63, 3.8) is 0 Å². The average molecular weight is 374 g/mol. The number of amides is 1. The monoisotopic (exact) mass is 374 g/mol. The van der Waals surface area contributed by atoms with Gasteiger partial charge in [0.05, 0.1) is 11.9 Å². The van der Waals surface area contributed by atoms with Crippen LogP contribution in [0.4, 0.5) is 5.69 Å². The Hall–Kier alpha value is -3.28. The largest absolute Gasteiger partial charge is 0.488 e. The number of piperazine rings is 1. The minimum absolute atomic E-state index is 0.114. The van der Waals surface area contributed by atoms with Crippen LogP contribution in [0.25, 0.3) is 11.3 Å². The molecule has 3 heterocycles. The van der Waals surface area contributed by atoms with Crippen molar-refractivity contribution < 1.29 is 9.53 Å². The van der Waals surface area contributed by atoms with E-state index in [0.29, 0.717) is 6.61 Å². The lowest BCUT2D eigenvalue weighted by molar-refractivity contribution is -0.132. The third kappa shape index (κ3) is 3.01. The van der Waals surface area contributed by atoms with E-state index in [9.17, 15) is 4.79 Å². The van der Waals surface area contributed by atoms with Crippen molar-refractivity contribution in [1.82, 2.24) is 14.7 Å². The lowest BCUT2D eigenvalue weighted by atomic mass is 10.0. The molecule has 5 rings (SSSR count). The molecule has 6 nitrogen and oxygen atoms in total. The summed E-state index contributed by atoms with van der Waals surface area (Å²) in [4.78, 5) is 17.2. The zero-order valence-electron chi connectivity index (χ0n) is 15.6. The van der Waals surface area contributed by atoms with Crippen LogP contribution in [0.15, 0.2) is 60.8 Å². The molecule has 0 N–H and O–H groups in total. The van der Waals surface area contributed by atoms with Gasteiger partial charge in [0, 0.05) is 43.0 Å². The van der Waals surface area contributed by atoms with Crippen LogP contribution < -0.4 is 9.64 Å². The van der Waals surface area contributed by atoms with Gasteiger partial charge in [-0.3, -0.25) is 9.48 Å². The molecule has 1 aromatic heterocycles. The van der Waals surface area contributed by atoms with Gasteiger partial charge < -0.3 is 14.5 Å². The van der Waals surface area contributed by atoms with E-state index in [2.05, 4.69) is 34.3 Å². The molecule has 3 aromatic rings. The summed E-state index contributed by atoms with van der Waals surface area (Å²) < 4.78 is 7.61. The first-order chi connectivity index (χ1) is 13.8. The topological polar surface area (TPSA) is 50.6 Å². The molecule has 0 unspecified atom stereocenters. The highest BCUT2D eigenvalue weighted by molar-refractivity contribution is 5.78. The third-order valence-electron chi connectivity index (χ3n) is 5.48. The molecule has 0 saturated carbocycles. The number of para-hydroxylation sites is 2. The summed E-state index contributed by atoms with van der Waals surface area (Å²) in [6.45, 7) is 3.92. The molecule has 28 heavy (non-hydrogen) atoms. The lowest BCUT2D eigenvalue weighted by Crippen LogP contribution is -2.49. The average Bonchev–Trinajstić information content (AvgIpc) is 3.18. The second-order valence-corrected chi connectivity index (χ2v) is 7.16. The van der Waals surface area contributed by atoms with E-state index in [1.165, 1.54) is 5.69 Å². The fourth-order valence-electron chi connectivity index (χ4n) is 3.99. The number of carbonyl (C=O) groups excluding carboxylic acids is 1. The highest BCUT2D eigenvalue weighted by atomic mass is 16.5. The van der Waals surface area contributed by atoms with Crippen LogP contribution in [0.3, 0.4) is 0 Å². The van der Waals surface area contributed by atoms with Gasteiger partial charge in [0.15, 0.2) is 0 Å². The number of hydrogen-bond donors (Lipinski definition) is 0. The number of hydrogen-bond acceptors (Lipinski definition) is 4. The first-order valence-corrected chi connectivity index (χ1v) is 9.64. The summed E-state index contributed by atoms with van der Waals surface area (Å²) in [7, 11) is 0. The second-order valence-electron chi connectivity index (χ2n) is 7.16. The predicted octanol–water partition coefficient (Wildman–Crippen LogP) is 2.79. The van der Waals surface area contributed by atoms with E-state index < -0.39 is 0 Å². The molecule has 2 aromatic carbocycles. The maximum absolute atomic E-state index is 12.9. The summed E-state index contributed by atoms with van der Waals surface area (Å²) in [5, 5.41) is 4.47. The molecule has 2 aliphatic heterocycles. The smallest absolute Gasteiger partial charge is 0.244 e. The molecule has 1 fully saturated rings. The van der Waals surface area contributed by atoms with Crippen molar-refractivity contribution in [2.45, 2.75) is 13.2 Å². The number of rotatable bonds is 3. The van der Waals surface area contributed by atoms with Crippen molar-refractivity contribution >= 4 is 11.6 Å². The van der Waals surface area contributed by atoms with Gasteiger partial charge in [-0.15, -0.1) is 0 Å². The summed E-state index contributed by atoms with van der Waals surface area (Å²) in [6.07, 6.45) is 1.81. The van der Waals surface area contributed by atoms with E-state index in [1.807, 2.05) is 46.1 Å². The van der Waals surface area contributed by atoms with Gasteiger partial charge in [0.25, 0.3) is 0 Å². The summed E-state index contributed by atoms with van der Waals surface area (Å²) in [5.41, 5.74) is 4.24. The molecule has 0 atom stereocenters. The number of fused-ring (bicyclic) bond motifs is 3. The highest BCUT2D eigenvalue weighted by Crippen LogP contribution is 2.37. The summed E-state index contributed by atoms with van der Waals surface area (Å²) >= 11 is 0. The molecule has 0 radical (unpaired) electrons. The van der Waals surface area contributed by atoms with E-state index >= 15 is 0 Å². The Kier molecular flexibility index (Phi) is 4.24. The molecule has 1 saturated heterocycles. The number of anilines is 1. The maximum atomic E-state index is 12.9. The van der Waals surface area contributed by atoms with E-state index in [-0.39, 0.29) is 12.5 Å². The van der Waals surface area contributed by atoms with Crippen molar-refractivity contribution in [2.24, 2.45) is 0 Å². The van der Waals surface area contributed by atoms with E-state index in [0.717, 1.165) is 48.7 Å². The van der Waals surface area contributed by atoms with Crippen molar-refractivity contribution in [1.29, 1.82) is 0 Å². The minimum Gasteiger partial charge on any atom is -0.488 e. The van der Waals surface area contributed by atoms with Crippen LogP contribution in [0.5, 0.6) is 5.75 Å². The van der Waals surface area contributed by atoms with Gasteiger partial charge in [-0.1, -0.05) is 30.3 Å². The fraction of sp³-hybridized carbons (Fsp3) is 0.273. The SMILES string of the molecule is O=C(Cn1ncc2c1-c1ccccc1OC2)N1CCN(c2ccccc2)CC1. The number of carbonyl (C=O) groups is 1. The summed E-state index contributed by atoms with van der Waals surface area (Å²) in [5.74, 6) is 0.961. The number of benzene rings is 2. The molecule has 1 amide bonds. The molecule has 0 bridgehead atoms. The zero-order valence-corrected chi connectivity index (χ0v) is 15.6. The molecule has 6 heteroatoms. The Morgan fingerprint density at radius 3 is 2.54 bits per heavy atom. The Morgan fingerprint density at radius 1 is 0.964 bits per heavy atom. The van der Waals surface area contributed by atoms with Crippen LogP contribution in [0, 0.1) is 0 Å². The fourth-order valence-corrected chi connectivity index (χ4v) is 3.99. The van der Waals surface area contributed by atoms with Gasteiger partial charge in [-0.2, -0.15) is 5.10 Å². The first-order valence-electron chi connectivity index (χ1n) is 9.64. The zero-order chi connectivity index (χ0) is 18.9. The Labute approximate surface area is 163 Å². The Morgan fingerprint density at radius 2 is 1.71 bits per heavy atom. The molecule has 142 valence electrons. The van der Waals surface area contributed by atoms with E-state index in [4.69, 9.17) is 4.74 Å². The van der Waals surface area contributed by atoms with Crippen LogP contribution in [0.2, 0.25) is 0 Å². The van der Waals surface area contributed by atoms with Crippen molar-refractivity contribution in [2.75, 3.05) is 31.1 Å². The quantitative estimate of drug-likeness (QED) is 0.707. The first kappa shape index (κ1) is 16.9. The van der Waals surface area contributed by atoms with Gasteiger partial charge in [0.1, 0.15) is 18.9 Å². The van der Waals surface area contributed by atoms with Crippen LogP contribution >= 0.6 is 0 Å². The van der Waals surface area contributed by atoms with Crippen LogP contribution in [-0.4, -0.2) is 46.8 Å². The number of ether oxygens (including phenoxy) is 1.